The number of carbonyl (C=O) groups is 1. The molecule has 0 unspecified atom stereocenters. The van der Waals surface area contributed by atoms with Crippen molar-refractivity contribution in [2.75, 3.05) is 7.11 Å². The van der Waals surface area contributed by atoms with Crippen molar-refractivity contribution < 1.29 is 13.9 Å². The van der Waals surface area contributed by atoms with E-state index in [-0.39, 0.29) is 5.83 Å². The monoisotopic (exact) mass is 291 g/mol. The average Bonchev–Trinajstić information content (AvgIpc) is 2.48. The fraction of sp³-hybridized carbons (Fsp3) is 0.294. The fourth-order valence-electron chi connectivity index (χ4n) is 1.63. The molecule has 3 nitrogen and oxygen atoms in total. The average molecular weight is 291 g/mol. The first kappa shape index (κ1) is 18.8. The molecule has 0 saturated carbocycles. The van der Waals surface area contributed by atoms with Crippen LogP contribution in [0.15, 0.2) is 54.5 Å². The van der Waals surface area contributed by atoms with Gasteiger partial charge in [-0.15, -0.1) is 0 Å². The summed E-state index contributed by atoms with van der Waals surface area (Å²) in [5, 5.41) is 0. The number of allylic oxidation sites excluding steroid dienone is 5. The summed E-state index contributed by atoms with van der Waals surface area (Å²) in [5.74, 6) is -0.773. The fourth-order valence-corrected chi connectivity index (χ4v) is 1.63. The summed E-state index contributed by atoms with van der Waals surface area (Å²) in [6, 6.07) is 3.29. The highest BCUT2D eigenvalue weighted by Crippen LogP contribution is 2.15. The molecular formula is C17H22FNO2. The first-order valence-electron chi connectivity index (χ1n) is 6.76. The molecule has 4 heteroatoms. The molecule has 21 heavy (non-hydrogen) atoms. The number of aromatic nitrogens is 1. The minimum atomic E-state index is -0.456. The van der Waals surface area contributed by atoms with Gasteiger partial charge in [-0.1, -0.05) is 32.6 Å². The van der Waals surface area contributed by atoms with Gasteiger partial charge in [0.15, 0.2) is 0 Å². The Labute approximate surface area is 125 Å². The summed E-state index contributed by atoms with van der Waals surface area (Å²) in [5.41, 5.74) is 1.60. The Morgan fingerprint density at radius 1 is 1.48 bits per heavy atom. The number of ether oxygens (including phenoxy) is 1. The van der Waals surface area contributed by atoms with Crippen LogP contribution in [0.5, 0.6) is 0 Å². The summed E-state index contributed by atoms with van der Waals surface area (Å²) in [4.78, 5) is 15.8. The first-order valence-corrected chi connectivity index (χ1v) is 6.76. The molecule has 0 amide bonds. The Morgan fingerprint density at radius 2 is 2.14 bits per heavy atom. The topological polar surface area (TPSA) is 39.2 Å². The van der Waals surface area contributed by atoms with Crippen LogP contribution in [0, 0.1) is 0 Å². The Kier molecular flexibility index (Phi) is 9.43. The molecule has 0 aliphatic heterocycles. The first-order chi connectivity index (χ1) is 10.1. The number of hydrogen-bond donors (Lipinski definition) is 0. The van der Waals surface area contributed by atoms with E-state index in [1.165, 1.54) is 20.1 Å². The lowest BCUT2D eigenvalue weighted by atomic mass is 10.0. The third-order valence-corrected chi connectivity index (χ3v) is 2.38. The lowest BCUT2D eigenvalue weighted by molar-refractivity contribution is 0.0599. The predicted octanol–water partition coefficient (Wildman–Crippen LogP) is 4.42. The molecule has 1 aromatic heterocycles. The van der Waals surface area contributed by atoms with Crippen LogP contribution in [0.3, 0.4) is 0 Å². The van der Waals surface area contributed by atoms with Gasteiger partial charge in [0.25, 0.3) is 0 Å². The molecule has 1 aromatic rings. The van der Waals surface area contributed by atoms with Gasteiger partial charge in [0.05, 0.1) is 24.2 Å². The van der Waals surface area contributed by atoms with Gasteiger partial charge in [-0.05, 0) is 30.7 Å². The van der Waals surface area contributed by atoms with E-state index < -0.39 is 5.97 Å². The molecule has 0 aliphatic carbocycles. The van der Waals surface area contributed by atoms with Crippen molar-refractivity contribution in [2.45, 2.75) is 27.2 Å². The third-order valence-electron chi connectivity index (χ3n) is 2.38. The van der Waals surface area contributed by atoms with Crippen molar-refractivity contribution in [3.8, 4) is 0 Å². The van der Waals surface area contributed by atoms with E-state index in [9.17, 15) is 9.18 Å². The lowest BCUT2D eigenvalue weighted by Gasteiger charge is -2.07. The Bertz CT molecular complexity index is 529. The molecule has 0 saturated heterocycles. The molecule has 0 spiro atoms. The maximum atomic E-state index is 13.0. The number of pyridine rings is 1. The Morgan fingerprint density at radius 3 is 2.67 bits per heavy atom. The summed E-state index contributed by atoms with van der Waals surface area (Å²) >= 11 is 0. The molecule has 1 heterocycles. The minimum absolute atomic E-state index is 0.316. The van der Waals surface area contributed by atoms with Crippen molar-refractivity contribution in [3.05, 3.63) is 65.8 Å². The second-order valence-electron chi connectivity index (χ2n) is 3.87. The standard InChI is InChI=1S/C15H16FNO2.C2H6/c1-4-6-12(9-11(2)16)10-14-13(15(18)19-3)7-5-8-17-14;1-2/h4-9H,1,10H2,2-3H3;1-2H3/b11-9+,12-6+;. The van der Waals surface area contributed by atoms with Gasteiger partial charge in [-0.25, -0.2) is 9.18 Å². The largest absolute Gasteiger partial charge is 0.465 e. The number of esters is 1. The zero-order valence-electron chi connectivity index (χ0n) is 13.0. The molecular weight excluding hydrogens is 269 g/mol. The van der Waals surface area contributed by atoms with Crippen LogP contribution in [0.4, 0.5) is 4.39 Å². The zero-order chi connectivity index (χ0) is 16.3. The van der Waals surface area contributed by atoms with Crippen molar-refractivity contribution >= 4 is 5.97 Å². The minimum Gasteiger partial charge on any atom is -0.465 e. The highest BCUT2D eigenvalue weighted by molar-refractivity contribution is 5.90. The highest BCUT2D eigenvalue weighted by Gasteiger charge is 2.13. The molecule has 1 rings (SSSR count). The van der Waals surface area contributed by atoms with Gasteiger partial charge in [-0.3, -0.25) is 4.98 Å². The smallest absolute Gasteiger partial charge is 0.339 e. The van der Waals surface area contributed by atoms with Gasteiger partial charge in [0.2, 0.25) is 0 Å². The van der Waals surface area contributed by atoms with Crippen LogP contribution >= 0.6 is 0 Å². The SMILES string of the molecule is C=C/C=C(\C=C(/C)F)Cc1ncccc1C(=O)OC.CC. The van der Waals surface area contributed by atoms with E-state index in [1.807, 2.05) is 13.8 Å². The molecule has 0 N–H and O–H groups in total. The molecule has 0 fully saturated rings. The molecule has 0 bridgehead atoms. The highest BCUT2D eigenvalue weighted by atomic mass is 19.1. The zero-order valence-corrected chi connectivity index (χ0v) is 13.0. The Balaban J connectivity index is 0.00000191. The Hall–Kier alpha value is -2.23. The molecule has 0 radical (unpaired) electrons. The summed E-state index contributed by atoms with van der Waals surface area (Å²) in [6.07, 6.45) is 6.55. The van der Waals surface area contributed by atoms with Crippen LogP contribution in [-0.2, 0) is 11.2 Å². The van der Waals surface area contributed by atoms with Crippen LogP contribution in [0.1, 0.15) is 36.8 Å². The summed E-state index contributed by atoms with van der Waals surface area (Å²) in [7, 11) is 1.31. The molecule has 0 aromatic carbocycles. The van der Waals surface area contributed by atoms with E-state index in [1.54, 1.807) is 30.5 Å². The number of methoxy groups -OCH3 is 1. The van der Waals surface area contributed by atoms with Crippen LogP contribution < -0.4 is 0 Å². The second-order valence-corrected chi connectivity index (χ2v) is 3.87. The maximum absolute atomic E-state index is 13.0. The van der Waals surface area contributed by atoms with E-state index in [0.29, 0.717) is 23.3 Å². The van der Waals surface area contributed by atoms with E-state index in [4.69, 9.17) is 4.74 Å². The second kappa shape index (κ2) is 10.5. The van der Waals surface area contributed by atoms with Crippen molar-refractivity contribution in [1.29, 1.82) is 0 Å². The van der Waals surface area contributed by atoms with Crippen molar-refractivity contribution in [2.24, 2.45) is 0 Å². The molecule has 0 atom stereocenters. The molecule has 114 valence electrons. The number of carbonyl (C=O) groups excluding carboxylic acids is 1. The van der Waals surface area contributed by atoms with Gasteiger partial charge in [0, 0.05) is 12.6 Å². The number of hydrogen-bond acceptors (Lipinski definition) is 3. The van der Waals surface area contributed by atoms with E-state index in [0.717, 1.165) is 0 Å². The van der Waals surface area contributed by atoms with Gasteiger partial charge in [-0.2, -0.15) is 0 Å². The predicted molar refractivity (Wildman–Crippen MR) is 83.8 cm³/mol. The van der Waals surface area contributed by atoms with Crippen molar-refractivity contribution in [3.63, 3.8) is 0 Å². The lowest BCUT2D eigenvalue weighted by Crippen LogP contribution is -2.08. The van der Waals surface area contributed by atoms with Crippen LogP contribution in [0.2, 0.25) is 0 Å². The maximum Gasteiger partial charge on any atom is 0.339 e. The van der Waals surface area contributed by atoms with Crippen molar-refractivity contribution in [1.82, 2.24) is 4.98 Å². The van der Waals surface area contributed by atoms with Gasteiger partial charge in [0.1, 0.15) is 0 Å². The van der Waals surface area contributed by atoms with Crippen LogP contribution in [0.25, 0.3) is 0 Å². The number of nitrogens with zero attached hydrogens (tertiary/aromatic N) is 1. The van der Waals surface area contributed by atoms with Crippen LogP contribution in [-0.4, -0.2) is 18.1 Å². The summed E-state index contributed by atoms with van der Waals surface area (Å²) < 4.78 is 17.7. The molecule has 0 aliphatic rings. The number of halogens is 1. The van der Waals surface area contributed by atoms with E-state index in [2.05, 4.69) is 11.6 Å². The van der Waals surface area contributed by atoms with Gasteiger partial charge < -0.3 is 4.74 Å². The van der Waals surface area contributed by atoms with Gasteiger partial charge >= 0.3 is 5.97 Å². The number of rotatable bonds is 5. The summed E-state index contributed by atoms with van der Waals surface area (Å²) in [6.45, 7) is 8.94. The van der Waals surface area contributed by atoms with E-state index >= 15 is 0 Å². The normalized spacial score (nSPS) is 11.3. The quantitative estimate of drug-likeness (QED) is 0.595. The third kappa shape index (κ3) is 6.65.